The summed E-state index contributed by atoms with van der Waals surface area (Å²) in [6, 6.07) is 16.1. The van der Waals surface area contributed by atoms with Gasteiger partial charge in [-0.3, -0.25) is 0 Å². The Morgan fingerprint density at radius 1 is 1.08 bits per heavy atom. The number of benzene rings is 2. The van der Waals surface area contributed by atoms with E-state index in [0.717, 1.165) is 41.6 Å². The summed E-state index contributed by atoms with van der Waals surface area (Å²) in [5, 5.41) is 0.822. The molecule has 3 heteroatoms. The van der Waals surface area contributed by atoms with Gasteiger partial charge in [-0.1, -0.05) is 41.6 Å². The lowest BCUT2D eigenvalue weighted by molar-refractivity contribution is 0.183. The number of nitrogen functional groups attached to an aromatic ring is 1. The number of hydrogen-bond donors (Lipinski definition) is 1. The number of nitrogens with zero attached hydrogens (tertiary/aromatic N) is 1. The maximum atomic E-state index is 5.96. The summed E-state index contributed by atoms with van der Waals surface area (Å²) < 4.78 is 0. The van der Waals surface area contributed by atoms with Crippen molar-refractivity contribution in [3.63, 3.8) is 0 Å². The van der Waals surface area contributed by atoms with Gasteiger partial charge in [0.1, 0.15) is 0 Å². The maximum absolute atomic E-state index is 5.96. The minimum Gasteiger partial charge on any atom is -0.399 e. The fraction of sp³-hybridized carbons (Fsp3) is 0.391. The fourth-order valence-corrected chi connectivity index (χ4v) is 3.67. The van der Waals surface area contributed by atoms with Gasteiger partial charge in [-0.05, 0) is 87.1 Å². The van der Waals surface area contributed by atoms with E-state index in [1.807, 2.05) is 36.4 Å². The third-order valence-electron chi connectivity index (χ3n) is 5.04. The van der Waals surface area contributed by atoms with E-state index in [-0.39, 0.29) is 0 Å². The second-order valence-corrected chi connectivity index (χ2v) is 7.58. The van der Waals surface area contributed by atoms with Crippen molar-refractivity contribution in [1.82, 2.24) is 4.90 Å². The van der Waals surface area contributed by atoms with E-state index in [2.05, 4.69) is 28.9 Å². The minimum absolute atomic E-state index is 0.776. The fourth-order valence-electron chi connectivity index (χ4n) is 3.54. The molecular weight excluding hydrogens is 340 g/mol. The van der Waals surface area contributed by atoms with Crippen molar-refractivity contribution in [1.29, 1.82) is 0 Å². The van der Waals surface area contributed by atoms with Crippen LogP contribution in [-0.2, 0) is 6.42 Å². The van der Waals surface area contributed by atoms with E-state index in [9.17, 15) is 0 Å². The SMILES string of the molecule is Nc1cccc(C#CCCCN2CCC(Cc3ccc(Cl)cc3)CC2)c1. The van der Waals surface area contributed by atoms with E-state index in [1.54, 1.807) is 0 Å². The molecule has 0 atom stereocenters. The van der Waals surface area contributed by atoms with E-state index in [4.69, 9.17) is 17.3 Å². The Bertz CT molecular complexity index is 750. The standard InChI is InChI=1S/C23H27ClN2/c24-22-10-8-20(9-11-22)17-21-12-15-26(16-13-21)14-3-1-2-5-19-6-4-7-23(25)18-19/h4,6-11,18,21H,1,3,12-17,25H2. The molecule has 2 nitrogen and oxygen atoms in total. The Morgan fingerprint density at radius 2 is 1.85 bits per heavy atom. The lowest BCUT2D eigenvalue weighted by Crippen LogP contribution is -2.34. The number of halogens is 1. The molecule has 0 amide bonds. The van der Waals surface area contributed by atoms with E-state index >= 15 is 0 Å². The van der Waals surface area contributed by atoms with Gasteiger partial charge in [-0.15, -0.1) is 0 Å². The van der Waals surface area contributed by atoms with Gasteiger partial charge in [0.05, 0.1) is 0 Å². The van der Waals surface area contributed by atoms with Gasteiger partial charge in [0.2, 0.25) is 0 Å². The van der Waals surface area contributed by atoms with Crippen LogP contribution in [-0.4, -0.2) is 24.5 Å². The molecule has 0 unspecified atom stereocenters. The van der Waals surface area contributed by atoms with Crippen molar-refractivity contribution in [3.05, 3.63) is 64.7 Å². The quantitative estimate of drug-likeness (QED) is 0.458. The lowest BCUT2D eigenvalue weighted by atomic mass is 9.90. The van der Waals surface area contributed by atoms with Gasteiger partial charge >= 0.3 is 0 Å². The van der Waals surface area contributed by atoms with Gasteiger partial charge in [0.15, 0.2) is 0 Å². The highest BCUT2D eigenvalue weighted by Gasteiger charge is 2.18. The Kier molecular flexibility index (Phi) is 7.00. The smallest absolute Gasteiger partial charge is 0.0406 e. The van der Waals surface area contributed by atoms with Crippen molar-refractivity contribution >= 4 is 17.3 Å². The van der Waals surface area contributed by atoms with Gasteiger partial charge in [0.25, 0.3) is 0 Å². The second kappa shape index (κ2) is 9.67. The summed E-state index contributed by atoms with van der Waals surface area (Å²) in [7, 11) is 0. The molecule has 136 valence electrons. The highest BCUT2D eigenvalue weighted by Crippen LogP contribution is 2.22. The third kappa shape index (κ3) is 6.09. The maximum Gasteiger partial charge on any atom is 0.0406 e. The highest BCUT2D eigenvalue weighted by molar-refractivity contribution is 6.30. The van der Waals surface area contributed by atoms with Crippen molar-refractivity contribution in [2.45, 2.75) is 32.1 Å². The van der Waals surface area contributed by atoms with E-state index < -0.39 is 0 Å². The summed E-state index contributed by atoms with van der Waals surface area (Å²) in [6.45, 7) is 3.57. The van der Waals surface area contributed by atoms with Crippen molar-refractivity contribution in [2.75, 3.05) is 25.4 Å². The van der Waals surface area contributed by atoms with Gasteiger partial charge in [0, 0.05) is 22.7 Å². The molecule has 1 aliphatic rings. The van der Waals surface area contributed by atoms with Crippen molar-refractivity contribution < 1.29 is 0 Å². The zero-order valence-electron chi connectivity index (χ0n) is 15.3. The summed E-state index contributed by atoms with van der Waals surface area (Å²) in [4.78, 5) is 2.58. The molecule has 1 fully saturated rings. The number of rotatable bonds is 5. The number of nitrogens with two attached hydrogens (primary N) is 1. The molecule has 2 N–H and O–H groups in total. The van der Waals surface area contributed by atoms with Crippen LogP contribution in [0.4, 0.5) is 5.69 Å². The molecule has 0 spiro atoms. The predicted molar refractivity (Wildman–Crippen MR) is 111 cm³/mol. The summed E-state index contributed by atoms with van der Waals surface area (Å²) >= 11 is 5.96. The molecule has 1 heterocycles. The first-order valence-corrected chi connectivity index (χ1v) is 9.88. The van der Waals surface area contributed by atoms with Crippen molar-refractivity contribution in [3.8, 4) is 11.8 Å². The molecule has 0 aromatic heterocycles. The molecule has 0 saturated carbocycles. The van der Waals surface area contributed by atoms with Crippen LogP contribution >= 0.6 is 11.6 Å². The Balaban J connectivity index is 1.33. The Labute approximate surface area is 162 Å². The summed E-state index contributed by atoms with van der Waals surface area (Å²) in [6.07, 6.45) is 5.84. The average Bonchev–Trinajstić information content (AvgIpc) is 2.65. The lowest BCUT2D eigenvalue weighted by Gasteiger charge is -2.31. The minimum atomic E-state index is 0.776. The predicted octanol–water partition coefficient (Wildman–Crippen LogP) is 5.01. The largest absolute Gasteiger partial charge is 0.399 e. The molecule has 0 radical (unpaired) electrons. The molecule has 0 bridgehead atoms. The zero-order chi connectivity index (χ0) is 18.2. The third-order valence-corrected chi connectivity index (χ3v) is 5.29. The topological polar surface area (TPSA) is 29.3 Å². The highest BCUT2D eigenvalue weighted by atomic mass is 35.5. The Hall–Kier alpha value is -1.95. The van der Waals surface area contributed by atoms with Crippen LogP contribution in [0, 0.1) is 17.8 Å². The summed E-state index contributed by atoms with van der Waals surface area (Å²) in [5.41, 5.74) is 8.96. The number of likely N-dealkylation sites (tertiary alicyclic amines) is 1. The molecule has 2 aromatic carbocycles. The molecule has 2 aromatic rings. The number of anilines is 1. The molecule has 3 rings (SSSR count). The first-order valence-electron chi connectivity index (χ1n) is 9.50. The monoisotopic (exact) mass is 366 g/mol. The van der Waals surface area contributed by atoms with Crippen LogP contribution in [0.1, 0.15) is 36.8 Å². The molecular formula is C23H27ClN2. The number of piperidine rings is 1. The number of hydrogen-bond acceptors (Lipinski definition) is 2. The first-order chi connectivity index (χ1) is 12.7. The van der Waals surface area contributed by atoms with Crippen molar-refractivity contribution in [2.24, 2.45) is 5.92 Å². The first kappa shape index (κ1) is 18.8. The van der Waals surface area contributed by atoms with Gasteiger partial charge in [-0.2, -0.15) is 0 Å². The Morgan fingerprint density at radius 3 is 2.58 bits per heavy atom. The van der Waals surface area contributed by atoms with Gasteiger partial charge in [-0.25, -0.2) is 0 Å². The van der Waals surface area contributed by atoms with E-state index in [0.29, 0.717) is 0 Å². The summed E-state index contributed by atoms with van der Waals surface area (Å²) in [5.74, 6) is 7.28. The molecule has 26 heavy (non-hydrogen) atoms. The van der Waals surface area contributed by atoms with Crippen LogP contribution in [0.2, 0.25) is 5.02 Å². The number of unbranched alkanes of at least 4 members (excludes halogenated alkanes) is 1. The van der Waals surface area contributed by atoms with Crippen LogP contribution in [0.3, 0.4) is 0 Å². The normalized spacial score (nSPS) is 15.4. The van der Waals surface area contributed by atoms with Crippen LogP contribution in [0.25, 0.3) is 0 Å². The van der Waals surface area contributed by atoms with E-state index in [1.165, 1.54) is 37.9 Å². The van der Waals surface area contributed by atoms with Crippen LogP contribution in [0.5, 0.6) is 0 Å². The molecule has 1 saturated heterocycles. The average molecular weight is 367 g/mol. The molecule has 0 aliphatic carbocycles. The van der Waals surface area contributed by atoms with Gasteiger partial charge < -0.3 is 10.6 Å². The molecule has 1 aliphatic heterocycles. The van der Waals surface area contributed by atoms with Crippen LogP contribution in [0.15, 0.2) is 48.5 Å². The van der Waals surface area contributed by atoms with Crippen LogP contribution < -0.4 is 5.73 Å². The zero-order valence-corrected chi connectivity index (χ0v) is 16.0. The second-order valence-electron chi connectivity index (χ2n) is 7.15.